The summed E-state index contributed by atoms with van der Waals surface area (Å²) >= 11 is 6.49. The number of methoxy groups -OCH3 is 1. The zero-order valence-corrected chi connectivity index (χ0v) is 18.7. The maximum absolute atomic E-state index is 16.0. The van der Waals surface area contributed by atoms with E-state index in [0.717, 1.165) is 10.8 Å². The highest BCUT2D eigenvalue weighted by Gasteiger charge is 2.25. The number of piperazine rings is 1. The van der Waals surface area contributed by atoms with Gasteiger partial charge in [-0.05, 0) is 23.1 Å². The number of rotatable bonds is 4. The molecular weight excluding hydrogens is 441 g/mol. The molecule has 1 fully saturated rings. The second kappa shape index (κ2) is 8.81. The van der Waals surface area contributed by atoms with Gasteiger partial charge in [-0.25, -0.2) is 4.39 Å². The van der Waals surface area contributed by atoms with Gasteiger partial charge in [0.05, 0.1) is 19.6 Å². The number of halogens is 2. The average molecular weight is 462 g/mol. The van der Waals surface area contributed by atoms with Crippen molar-refractivity contribution in [2.75, 3.05) is 31.6 Å². The van der Waals surface area contributed by atoms with Gasteiger partial charge in [0.15, 0.2) is 5.82 Å². The summed E-state index contributed by atoms with van der Waals surface area (Å²) in [6.07, 6.45) is 0.386. The largest absolute Gasteiger partial charge is 0.467 e. The third kappa shape index (κ3) is 3.82. The van der Waals surface area contributed by atoms with Crippen molar-refractivity contribution in [3.05, 3.63) is 59.4 Å². The van der Waals surface area contributed by atoms with E-state index in [1.54, 1.807) is 12.1 Å². The lowest BCUT2D eigenvalue weighted by Gasteiger charge is -2.34. The number of aromatic nitrogens is 2. The lowest BCUT2D eigenvalue weighted by Crippen LogP contribution is -2.50. The second-order valence-corrected chi connectivity index (χ2v) is 8.37. The molecule has 0 amide bonds. The smallest absolute Gasteiger partial charge is 0.318 e. The number of ether oxygens (including phenoxy) is 1. The van der Waals surface area contributed by atoms with Gasteiger partial charge in [0, 0.05) is 47.0 Å². The molecule has 8 heteroatoms. The minimum atomic E-state index is -0.453. The van der Waals surface area contributed by atoms with Crippen molar-refractivity contribution in [1.29, 1.82) is 5.26 Å². The zero-order valence-electron chi connectivity index (χ0n) is 18.0. The first kappa shape index (κ1) is 21.4. The Morgan fingerprint density at radius 2 is 2.00 bits per heavy atom. The Hall–Kier alpha value is -3.47. The molecule has 0 radical (unpaired) electrons. The topological polar surface area (TPSA) is 74.1 Å². The van der Waals surface area contributed by atoms with Crippen LogP contribution in [0.25, 0.3) is 32.8 Å². The van der Waals surface area contributed by atoms with Crippen LogP contribution in [0.4, 0.5) is 10.2 Å². The van der Waals surface area contributed by atoms with E-state index in [4.69, 9.17) is 21.6 Å². The number of hydrogen-bond donors (Lipinski definition) is 1. The molecule has 3 aromatic carbocycles. The molecule has 0 aliphatic carbocycles. The fourth-order valence-corrected chi connectivity index (χ4v) is 4.73. The lowest BCUT2D eigenvalue weighted by atomic mass is 9.96. The molecule has 166 valence electrons. The molecule has 1 aromatic heterocycles. The molecule has 0 saturated carbocycles. The van der Waals surface area contributed by atoms with Crippen LogP contribution in [-0.2, 0) is 0 Å². The molecule has 1 aliphatic rings. The maximum Gasteiger partial charge on any atom is 0.318 e. The third-order valence-electron chi connectivity index (χ3n) is 5.99. The van der Waals surface area contributed by atoms with Gasteiger partial charge >= 0.3 is 6.01 Å². The standard InChI is InChI=1S/C25H21ClFN5O/c1-33-25-30-23-19(24(31-25)32-13-12-29-16(14-32)10-11-28)9-8-18(22(23)27)17-6-2-4-15-5-3-7-20(26)21(15)17/h2-9,16,29H,10,12-14H2,1H3. The summed E-state index contributed by atoms with van der Waals surface area (Å²) in [4.78, 5) is 11.0. The Balaban J connectivity index is 1.69. The highest BCUT2D eigenvalue weighted by molar-refractivity contribution is 6.36. The maximum atomic E-state index is 16.0. The van der Waals surface area contributed by atoms with Crippen molar-refractivity contribution >= 4 is 39.1 Å². The molecule has 4 aromatic rings. The van der Waals surface area contributed by atoms with Gasteiger partial charge in [0.25, 0.3) is 0 Å². The van der Waals surface area contributed by atoms with E-state index in [9.17, 15) is 0 Å². The van der Waals surface area contributed by atoms with Crippen molar-refractivity contribution in [3.8, 4) is 23.2 Å². The zero-order chi connectivity index (χ0) is 22.9. The highest BCUT2D eigenvalue weighted by atomic mass is 35.5. The molecule has 0 spiro atoms. The predicted molar refractivity (Wildman–Crippen MR) is 128 cm³/mol. The molecule has 1 N–H and O–H groups in total. The Morgan fingerprint density at radius 1 is 1.18 bits per heavy atom. The summed E-state index contributed by atoms with van der Waals surface area (Å²) in [5.74, 6) is 0.147. The Labute approximate surface area is 195 Å². The molecule has 2 heterocycles. The van der Waals surface area contributed by atoms with Crippen LogP contribution in [0.2, 0.25) is 5.02 Å². The molecule has 1 unspecified atom stereocenters. The van der Waals surface area contributed by atoms with Gasteiger partial charge < -0.3 is 15.0 Å². The molecule has 33 heavy (non-hydrogen) atoms. The Morgan fingerprint density at radius 3 is 2.79 bits per heavy atom. The third-order valence-corrected chi connectivity index (χ3v) is 6.30. The highest BCUT2D eigenvalue weighted by Crippen LogP contribution is 2.38. The minimum absolute atomic E-state index is 0.0155. The van der Waals surface area contributed by atoms with Crippen LogP contribution in [-0.4, -0.2) is 42.8 Å². The van der Waals surface area contributed by atoms with Crippen molar-refractivity contribution < 1.29 is 9.13 Å². The van der Waals surface area contributed by atoms with E-state index in [1.807, 2.05) is 36.4 Å². The number of anilines is 1. The Bertz CT molecular complexity index is 1400. The van der Waals surface area contributed by atoms with Crippen LogP contribution < -0.4 is 15.0 Å². The van der Waals surface area contributed by atoms with Crippen LogP contribution in [0.1, 0.15) is 6.42 Å². The summed E-state index contributed by atoms with van der Waals surface area (Å²) in [7, 11) is 1.47. The van der Waals surface area contributed by atoms with Crippen LogP contribution in [0, 0.1) is 17.1 Å². The number of hydrogen-bond acceptors (Lipinski definition) is 6. The van der Waals surface area contributed by atoms with Crippen molar-refractivity contribution in [3.63, 3.8) is 0 Å². The van der Waals surface area contributed by atoms with E-state index in [0.29, 0.717) is 53.4 Å². The van der Waals surface area contributed by atoms with E-state index >= 15 is 4.39 Å². The number of nitriles is 1. The monoisotopic (exact) mass is 461 g/mol. The number of nitrogens with one attached hydrogen (secondary N) is 1. The van der Waals surface area contributed by atoms with Crippen LogP contribution in [0.15, 0.2) is 48.5 Å². The first-order valence-electron chi connectivity index (χ1n) is 10.7. The summed E-state index contributed by atoms with van der Waals surface area (Å²) in [5, 5.41) is 15.3. The first-order chi connectivity index (χ1) is 16.1. The fraction of sp³-hybridized carbons (Fsp3) is 0.240. The van der Waals surface area contributed by atoms with E-state index in [2.05, 4.69) is 26.3 Å². The summed E-state index contributed by atoms with van der Waals surface area (Å²) in [6.45, 7) is 1.97. The van der Waals surface area contributed by atoms with Crippen molar-refractivity contribution in [1.82, 2.24) is 15.3 Å². The molecular formula is C25H21ClFN5O. The molecule has 0 bridgehead atoms. The number of benzene rings is 3. The molecule has 1 atom stereocenters. The predicted octanol–water partition coefficient (Wildman–Crippen LogP) is 4.94. The van der Waals surface area contributed by atoms with E-state index in [1.165, 1.54) is 7.11 Å². The SMILES string of the molecule is COc1nc(N2CCNC(CC#N)C2)c2ccc(-c3cccc4cccc(Cl)c34)c(F)c2n1. The second-order valence-electron chi connectivity index (χ2n) is 7.96. The van der Waals surface area contributed by atoms with Crippen molar-refractivity contribution in [2.24, 2.45) is 0 Å². The minimum Gasteiger partial charge on any atom is -0.467 e. The normalized spacial score (nSPS) is 16.2. The molecule has 6 nitrogen and oxygen atoms in total. The molecule has 5 rings (SSSR count). The summed E-state index contributed by atoms with van der Waals surface area (Å²) in [5.41, 5.74) is 1.30. The summed E-state index contributed by atoms with van der Waals surface area (Å²) < 4.78 is 21.3. The van der Waals surface area contributed by atoms with E-state index in [-0.39, 0.29) is 17.6 Å². The van der Waals surface area contributed by atoms with Gasteiger partial charge in [-0.3, -0.25) is 0 Å². The number of nitrogens with zero attached hydrogens (tertiary/aromatic N) is 4. The number of fused-ring (bicyclic) bond motifs is 2. The average Bonchev–Trinajstić information content (AvgIpc) is 2.84. The molecule has 1 saturated heterocycles. The molecule has 1 aliphatic heterocycles. The van der Waals surface area contributed by atoms with Crippen LogP contribution in [0.5, 0.6) is 6.01 Å². The van der Waals surface area contributed by atoms with E-state index < -0.39 is 5.82 Å². The van der Waals surface area contributed by atoms with Gasteiger partial charge in [0.1, 0.15) is 11.3 Å². The van der Waals surface area contributed by atoms with Gasteiger partial charge in [-0.2, -0.15) is 15.2 Å². The van der Waals surface area contributed by atoms with Gasteiger partial charge in [0.2, 0.25) is 0 Å². The first-order valence-corrected chi connectivity index (χ1v) is 11.1. The summed E-state index contributed by atoms with van der Waals surface area (Å²) in [6, 6.07) is 17.3. The van der Waals surface area contributed by atoms with Crippen molar-refractivity contribution in [2.45, 2.75) is 12.5 Å². The van der Waals surface area contributed by atoms with Gasteiger partial charge in [-0.15, -0.1) is 0 Å². The fourth-order valence-electron chi connectivity index (χ4n) is 4.45. The Kier molecular flexibility index (Phi) is 5.71. The van der Waals surface area contributed by atoms with Gasteiger partial charge in [-0.1, -0.05) is 48.0 Å². The lowest BCUT2D eigenvalue weighted by molar-refractivity contribution is 0.380. The quantitative estimate of drug-likeness (QED) is 0.464. The van der Waals surface area contributed by atoms with Crippen LogP contribution in [0.3, 0.4) is 0 Å². The van der Waals surface area contributed by atoms with Crippen LogP contribution >= 0.6 is 11.6 Å².